The molecule has 0 aromatic carbocycles. The minimum atomic E-state index is 0.386. The average molecular weight is 351 g/mol. The van der Waals surface area contributed by atoms with Crippen LogP contribution in [0, 0.1) is 6.92 Å². The van der Waals surface area contributed by atoms with E-state index in [1.54, 1.807) is 0 Å². The van der Waals surface area contributed by atoms with Crippen molar-refractivity contribution in [2.45, 2.75) is 46.2 Å². The van der Waals surface area contributed by atoms with E-state index in [-0.39, 0.29) is 0 Å². The van der Waals surface area contributed by atoms with Crippen LogP contribution in [0.1, 0.15) is 30.8 Å². The number of nitrogens with zero attached hydrogens (tertiary/aromatic N) is 3. The first-order valence-corrected chi connectivity index (χ1v) is 8.29. The summed E-state index contributed by atoms with van der Waals surface area (Å²) in [6, 6.07) is 4.51. The summed E-state index contributed by atoms with van der Waals surface area (Å²) in [5.74, 6) is 0. The normalized spacial score (nSPS) is 12.6. The van der Waals surface area contributed by atoms with Gasteiger partial charge in [0.05, 0.1) is 15.9 Å². The molecule has 1 atom stereocenters. The van der Waals surface area contributed by atoms with Gasteiger partial charge >= 0.3 is 0 Å². The van der Waals surface area contributed by atoms with Crippen LogP contribution in [0.5, 0.6) is 0 Å². The highest BCUT2D eigenvalue weighted by Gasteiger charge is 2.17. The number of pyridine rings is 1. The van der Waals surface area contributed by atoms with Gasteiger partial charge in [-0.25, -0.2) is 0 Å². The summed E-state index contributed by atoms with van der Waals surface area (Å²) in [7, 11) is 0. The first-order chi connectivity index (χ1) is 10.2. The summed E-state index contributed by atoms with van der Waals surface area (Å²) in [4.78, 5) is 4.21. The lowest BCUT2D eigenvalue weighted by molar-refractivity contribution is 0.494. The highest BCUT2D eigenvalue weighted by Crippen LogP contribution is 2.23. The fourth-order valence-electron chi connectivity index (χ4n) is 2.61. The van der Waals surface area contributed by atoms with Crippen LogP contribution in [0.25, 0.3) is 0 Å². The number of aromatic nitrogens is 3. The summed E-state index contributed by atoms with van der Waals surface area (Å²) in [5, 5.41) is 8.16. The fraction of sp³-hybridized carbons (Fsp3) is 0.500. The number of hydrogen-bond donors (Lipinski definition) is 1. The Morgan fingerprint density at radius 3 is 2.76 bits per heavy atom. The summed E-state index contributed by atoms with van der Waals surface area (Å²) >= 11 is 3.68. The van der Waals surface area contributed by atoms with Gasteiger partial charge in [-0.15, -0.1) is 0 Å². The summed E-state index contributed by atoms with van der Waals surface area (Å²) < 4.78 is 3.23. The lowest BCUT2D eigenvalue weighted by Gasteiger charge is -2.19. The largest absolute Gasteiger partial charge is 0.314 e. The maximum atomic E-state index is 4.58. The monoisotopic (exact) mass is 350 g/mol. The molecule has 21 heavy (non-hydrogen) atoms. The number of aryl methyl sites for hydroxylation is 2. The quantitative estimate of drug-likeness (QED) is 0.833. The molecule has 2 aromatic heterocycles. The van der Waals surface area contributed by atoms with Gasteiger partial charge in [-0.3, -0.25) is 9.67 Å². The van der Waals surface area contributed by atoms with Crippen molar-refractivity contribution in [1.82, 2.24) is 20.1 Å². The molecule has 0 saturated carbocycles. The predicted molar refractivity (Wildman–Crippen MR) is 89.4 cm³/mol. The summed E-state index contributed by atoms with van der Waals surface area (Å²) in [5.41, 5.74) is 3.59. The second-order valence-corrected chi connectivity index (χ2v) is 5.98. The van der Waals surface area contributed by atoms with E-state index < -0.39 is 0 Å². The van der Waals surface area contributed by atoms with Crippen LogP contribution in [0.2, 0.25) is 0 Å². The first-order valence-electron chi connectivity index (χ1n) is 7.49. The third-order valence-electron chi connectivity index (χ3n) is 3.59. The van der Waals surface area contributed by atoms with Crippen molar-refractivity contribution < 1.29 is 0 Å². The van der Waals surface area contributed by atoms with Crippen LogP contribution in [-0.2, 0) is 19.4 Å². The van der Waals surface area contributed by atoms with E-state index in [0.29, 0.717) is 6.04 Å². The Balaban J connectivity index is 2.16. The molecule has 0 radical (unpaired) electrons. The van der Waals surface area contributed by atoms with Gasteiger partial charge in [0.25, 0.3) is 0 Å². The molecular formula is C16H23BrN4. The molecule has 2 rings (SSSR count). The van der Waals surface area contributed by atoms with E-state index in [4.69, 9.17) is 0 Å². The standard InChI is InChI=1S/C16H23BrN4/c1-4-19-14(9-13-7-6-8-18-11-13)10-15-16(17)12(3)20-21(15)5-2/h6-8,11,14,19H,4-5,9-10H2,1-3H3. The Kier molecular flexibility index (Phi) is 5.94. The third kappa shape index (κ3) is 4.14. The van der Waals surface area contributed by atoms with Gasteiger partial charge in [0.2, 0.25) is 0 Å². The molecule has 0 fully saturated rings. The van der Waals surface area contributed by atoms with Crippen LogP contribution in [0.3, 0.4) is 0 Å². The van der Waals surface area contributed by atoms with Gasteiger partial charge in [-0.1, -0.05) is 13.0 Å². The molecule has 0 amide bonds. The van der Waals surface area contributed by atoms with E-state index in [9.17, 15) is 0 Å². The molecule has 1 unspecified atom stereocenters. The molecule has 0 aliphatic heterocycles. The minimum absolute atomic E-state index is 0.386. The predicted octanol–water partition coefficient (Wildman–Crippen LogP) is 3.13. The van der Waals surface area contributed by atoms with Gasteiger partial charge in [-0.05, 0) is 54.4 Å². The Morgan fingerprint density at radius 1 is 1.33 bits per heavy atom. The zero-order valence-electron chi connectivity index (χ0n) is 12.9. The van der Waals surface area contributed by atoms with Crippen LogP contribution in [0.4, 0.5) is 0 Å². The van der Waals surface area contributed by atoms with Gasteiger partial charge in [0.15, 0.2) is 0 Å². The number of nitrogens with one attached hydrogen (secondary N) is 1. The van der Waals surface area contributed by atoms with Crippen molar-refractivity contribution in [2.75, 3.05) is 6.54 Å². The molecule has 2 aromatic rings. The fourth-order valence-corrected chi connectivity index (χ4v) is 3.05. The third-order valence-corrected chi connectivity index (χ3v) is 4.62. The van der Waals surface area contributed by atoms with Crippen molar-refractivity contribution in [1.29, 1.82) is 0 Å². The van der Waals surface area contributed by atoms with Crippen molar-refractivity contribution >= 4 is 15.9 Å². The summed E-state index contributed by atoms with van der Waals surface area (Å²) in [6.45, 7) is 8.18. The van der Waals surface area contributed by atoms with Gasteiger partial charge < -0.3 is 5.32 Å². The Labute approximate surface area is 135 Å². The lowest BCUT2D eigenvalue weighted by atomic mass is 10.0. The van der Waals surface area contributed by atoms with Gasteiger partial charge in [-0.2, -0.15) is 5.10 Å². The van der Waals surface area contributed by atoms with E-state index in [2.05, 4.69) is 55.9 Å². The molecule has 4 nitrogen and oxygen atoms in total. The number of halogens is 1. The molecule has 0 aliphatic carbocycles. The Morgan fingerprint density at radius 2 is 2.14 bits per heavy atom. The minimum Gasteiger partial charge on any atom is -0.314 e. The van der Waals surface area contributed by atoms with Crippen molar-refractivity contribution in [3.05, 3.63) is 46.0 Å². The Bertz CT molecular complexity index is 565. The maximum Gasteiger partial charge on any atom is 0.0738 e. The van der Waals surface area contributed by atoms with Crippen molar-refractivity contribution in [2.24, 2.45) is 0 Å². The van der Waals surface area contributed by atoms with Gasteiger partial charge in [0, 0.05) is 31.4 Å². The highest BCUT2D eigenvalue weighted by molar-refractivity contribution is 9.10. The highest BCUT2D eigenvalue weighted by atomic mass is 79.9. The molecular weight excluding hydrogens is 328 g/mol. The Hall–Kier alpha value is -1.20. The molecule has 0 aliphatic rings. The molecule has 1 N–H and O–H groups in total. The number of likely N-dealkylation sites (N-methyl/N-ethyl adjacent to an activating group) is 1. The number of hydrogen-bond acceptors (Lipinski definition) is 3. The van der Waals surface area contributed by atoms with Crippen LogP contribution < -0.4 is 5.32 Å². The van der Waals surface area contributed by atoms with E-state index in [0.717, 1.165) is 36.1 Å². The van der Waals surface area contributed by atoms with E-state index in [1.165, 1.54) is 11.3 Å². The zero-order valence-corrected chi connectivity index (χ0v) is 14.5. The molecule has 0 saturated heterocycles. The smallest absolute Gasteiger partial charge is 0.0738 e. The SMILES string of the molecule is CCNC(Cc1cccnc1)Cc1c(Br)c(C)nn1CC. The van der Waals surface area contributed by atoms with Crippen molar-refractivity contribution in [3.8, 4) is 0 Å². The molecule has 5 heteroatoms. The average Bonchev–Trinajstić information content (AvgIpc) is 2.76. The van der Waals surface area contributed by atoms with Crippen molar-refractivity contribution in [3.63, 3.8) is 0 Å². The second-order valence-electron chi connectivity index (χ2n) is 5.19. The molecule has 0 bridgehead atoms. The zero-order chi connectivity index (χ0) is 15.2. The number of rotatable bonds is 7. The van der Waals surface area contributed by atoms with Crippen LogP contribution in [0.15, 0.2) is 29.0 Å². The topological polar surface area (TPSA) is 42.7 Å². The maximum absolute atomic E-state index is 4.58. The first kappa shape index (κ1) is 16.2. The van der Waals surface area contributed by atoms with E-state index >= 15 is 0 Å². The lowest BCUT2D eigenvalue weighted by Crippen LogP contribution is -2.34. The molecule has 0 spiro atoms. The van der Waals surface area contributed by atoms with Gasteiger partial charge in [0.1, 0.15) is 0 Å². The van der Waals surface area contributed by atoms with Crippen LogP contribution in [-0.4, -0.2) is 27.4 Å². The van der Waals surface area contributed by atoms with Crippen LogP contribution >= 0.6 is 15.9 Å². The second kappa shape index (κ2) is 7.71. The summed E-state index contributed by atoms with van der Waals surface area (Å²) in [6.07, 6.45) is 5.69. The molecule has 2 heterocycles. The van der Waals surface area contributed by atoms with E-state index in [1.807, 2.05) is 25.4 Å². The molecule has 114 valence electrons.